The average molecular weight is 346 g/mol. The molecule has 1 aliphatic rings. The second kappa shape index (κ2) is 7.78. The molecule has 1 aliphatic heterocycles. The van der Waals surface area contributed by atoms with E-state index >= 15 is 0 Å². The number of carbonyl (C=O) groups excluding carboxylic acids is 2. The smallest absolute Gasteiger partial charge is 0.326 e. The van der Waals surface area contributed by atoms with Crippen molar-refractivity contribution in [2.75, 3.05) is 11.4 Å². The predicted octanol–water partition coefficient (Wildman–Crippen LogP) is 0.693. The molecule has 2 unspecified atom stereocenters. The summed E-state index contributed by atoms with van der Waals surface area (Å²) in [5, 5.41) is 18.8. The van der Waals surface area contributed by atoms with Gasteiger partial charge in [-0.3, -0.25) is 15.0 Å². The third-order valence-electron chi connectivity index (χ3n) is 4.28. The van der Waals surface area contributed by atoms with Crippen molar-refractivity contribution in [1.82, 2.24) is 5.32 Å². The molecule has 25 heavy (non-hydrogen) atoms. The fourth-order valence-corrected chi connectivity index (χ4v) is 2.82. The second-order valence-electron chi connectivity index (χ2n) is 6.01. The lowest BCUT2D eigenvalue weighted by atomic mass is 10.0. The number of anilines is 1. The number of nitrogens with zero attached hydrogens (tertiary/aromatic N) is 1. The Morgan fingerprint density at radius 2 is 2.04 bits per heavy atom. The number of nitrogens with one attached hydrogen (secondary N) is 2. The molecule has 0 aromatic heterocycles. The van der Waals surface area contributed by atoms with E-state index in [-0.39, 0.29) is 24.6 Å². The van der Waals surface area contributed by atoms with E-state index in [0.29, 0.717) is 24.2 Å². The second-order valence-corrected chi connectivity index (χ2v) is 6.01. The van der Waals surface area contributed by atoms with Crippen LogP contribution in [0.3, 0.4) is 0 Å². The van der Waals surface area contributed by atoms with Crippen molar-refractivity contribution >= 4 is 29.3 Å². The van der Waals surface area contributed by atoms with Crippen molar-refractivity contribution < 1.29 is 19.5 Å². The number of nitrogen functional groups attached to an aromatic ring is 1. The van der Waals surface area contributed by atoms with Crippen LogP contribution in [0, 0.1) is 11.3 Å². The van der Waals surface area contributed by atoms with Crippen LogP contribution < -0.4 is 16.0 Å². The summed E-state index contributed by atoms with van der Waals surface area (Å²) in [4.78, 5) is 37.1. The average Bonchev–Trinajstić information content (AvgIpc) is 2.93. The first-order valence-corrected chi connectivity index (χ1v) is 8.11. The maximum absolute atomic E-state index is 12.5. The van der Waals surface area contributed by atoms with E-state index in [1.807, 2.05) is 0 Å². The predicted molar refractivity (Wildman–Crippen MR) is 92.4 cm³/mol. The summed E-state index contributed by atoms with van der Waals surface area (Å²) in [5.41, 5.74) is 6.67. The number of hydrogen-bond acceptors (Lipinski definition) is 4. The van der Waals surface area contributed by atoms with Gasteiger partial charge in [-0.2, -0.15) is 0 Å². The van der Waals surface area contributed by atoms with Gasteiger partial charge in [-0.25, -0.2) is 4.79 Å². The molecule has 1 aromatic rings. The molecule has 1 fully saturated rings. The first kappa shape index (κ1) is 18.4. The molecule has 0 saturated carbocycles. The quantitative estimate of drug-likeness (QED) is 0.425. The van der Waals surface area contributed by atoms with Crippen molar-refractivity contribution in [3.05, 3.63) is 29.8 Å². The van der Waals surface area contributed by atoms with Crippen LogP contribution in [0.5, 0.6) is 0 Å². The Balaban J connectivity index is 1.98. The zero-order valence-corrected chi connectivity index (χ0v) is 14.0. The van der Waals surface area contributed by atoms with Gasteiger partial charge < -0.3 is 21.1 Å². The molecule has 0 aliphatic carbocycles. The number of amides is 2. The van der Waals surface area contributed by atoms with Crippen LogP contribution >= 0.6 is 0 Å². The number of nitrogens with two attached hydrogens (primary N) is 1. The fourth-order valence-electron chi connectivity index (χ4n) is 2.82. The first-order chi connectivity index (χ1) is 11.8. The van der Waals surface area contributed by atoms with E-state index in [0.717, 1.165) is 0 Å². The number of carboxylic acid groups (broad SMARTS) is 1. The van der Waals surface area contributed by atoms with Crippen LogP contribution in [0.4, 0.5) is 5.69 Å². The minimum atomic E-state index is -1.08. The lowest BCUT2D eigenvalue weighted by Gasteiger charge is -2.18. The SMILES string of the molecule is CCC(NC(=O)CC1CCN(c2ccc(C(=N)N)cc2)C1=O)C(=O)O. The van der Waals surface area contributed by atoms with E-state index in [2.05, 4.69) is 5.32 Å². The summed E-state index contributed by atoms with van der Waals surface area (Å²) in [7, 11) is 0. The maximum Gasteiger partial charge on any atom is 0.326 e. The number of hydrogen-bond donors (Lipinski definition) is 4. The minimum Gasteiger partial charge on any atom is -0.480 e. The van der Waals surface area contributed by atoms with Crippen LogP contribution in [0.2, 0.25) is 0 Å². The van der Waals surface area contributed by atoms with Gasteiger partial charge in [-0.15, -0.1) is 0 Å². The lowest BCUT2D eigenvalue weighted by Crippen LogP contribution is -2.41. The van der Waals surface area contributed by atoms with Gasteiger partial charge in [0.1, 0.15) is 11.9 Å². The number of carboxylic acids is 1. The molecule has 1 saturated heterocycles. The van der Waals surface area contributed by atoms with E-state index in [4.69, 9.17) is 16.2 Å². The summed E-state index contributed by atoms with van der Waals surface area (Å²) in [6.07, 6.45) is 0.795. The van der Waals surface area contributed by atoms with Gasteiger partial charge in [0.05, 0.1) is 0 Å². The van der Waals surface area contributed by atoms with Gasteiger partial charge in [-0.05, 0) is 37.1 Å². The molecular weight excluding hydrogens is 324 g/mol. The summed E-state index contributed by atoms with van der Waals surface area (Å²) >= 11 is 0. The number of benzene rings is 1. The third kappa shape index (κ3) is 4.34. The monoisotopic (exact) mass is 346 g/mol. The van der Waals surface area contributed by atoms with E-state index in [1.54, 1.807) is 36.1 Å². The molecule has 1 aromatic carbocycles. The molecule has 2 amide bonds. The lowest BCUT2D eigenvalue weighted by molar-refractivity contribution is -0.142. The summed E-state index contributed by atoms with van der Waals surface area (Å²) in [6.45, 7) is 2.17. The molecule has 8 heteroatoms. The van der Waals surface area contributed by atoms with E-state index < -0.39 is 23.8 Å². The molecule has 2 rings (SSSR count). The summed E-state index contributed by atoms with van der Waals surface area (Å²) in [5.74, 6) is -2.17. The molecule has 0 bridgehead atoms. The maximum atomic E-state index is 12.5. The van der Waals surface area contributed by atoms with E-state index in [9.17, 15) is 14.4 Å². The van der Waals surface area contributed by atoms with E-state index in [1.165, 1.54) is 0 Å². The Labute approximate surface area is 145 Å². The minimum absolute atomic E-state index is 0.0232. The zero-order valence-electron chi connectivity index (χ0n) is 14.0. The number of carbonyl (C=O) groups is 3. The van der Waals surface area contributed by atoms with Crippen LogP contribution in [-0.4, -0.2) is 41.3 Å². The van der Waals surface area contributed by atoms with Crippen molar-refractivity contribution in [1.29, 1.82) is 5.41 Å². The molecule has 8 nitrogen and oxygen atoms in total. The molecule has 1 heterocycles. The molecule has 0 radical (unpaired) electrons. The number of amidine groups is 1. The van der Waals surface area contributed by atoms with Gasteiger partial charge in [0, 0.05) is 30.1 Å². The van der Waals surface area contributed by atoms with Crippen molar-refractivity contribution in [2.45, 2.75) is 32.2 Å². The highest BCUT2D eigenvalue weighted by atomic mass is 16.4. The van der Waals surface area contributed by atoms with Gasteiger partial charge in [0.2, 0.25) is 11.8 Å². The van der Waals surface area contributed by atoms with Crippen molar-refractivity contribution in [2.24, 2.45) is 11.7 Å². The Morgan fingerprint density at radius 3 is 2.56 bits per heavy atom. The summed E-state index contributed by atoms with van der Waals surface area (Å²) < 4.78 is 0. The molecule has 2 atom stereocenters. The molecular formula is C17H22N4O4. The van der Waals surface area contributed by atoms with Crippen molar-refractivity contribution in [3.8, 4) is 0 Å². The van der Waals surface area contributed by atoms with Gasteiger partial charge >= 0.3 is 5.97 Å². The van der Waals surface area contributed by atoms with Crippen LogP contribution in [-0.2, 0) is 14.4 Å². The molecule has 0 spiro atoms. The number of aliphatic carboxylic acids is 1. The Kier molecular flexibility index (Phi) is 5.74. The Hall–Kier alpha value is -2.90. The summed E-state index contributed by atoms with van der Waals surface area (Å²) in [6, 6.07) is 5.84. The highest BCUT2D eigenvalue weighted by Crippen LogP contribution is 2.27. The zero-order chi connectivity index (χ0) is 18.6. The van der Waals surface area contributed by atoms with Gasteiger partial charge in [0.25, 0.3) is 0 Å². The fraction of sp³-hybridized carbons (Fsp3) is 0.412. The van der Waals surface area contributed by atoms with Crippen LogP contribution in [0.25, 0.3) is 0 Å². The standard InChI is InChI=1S/C17H22N4O4/c1-2-13(17(24)25)20-14(22)9-11-7-8-21(16(11)23)12-5-3-10(4-6-12)15(18)19/h3-6,11,13H,2,7-9H2,1H3,(H3,18,19)(H,20,22)(H,24,25). The third-order valence-corrected chi connectivity index (χ3v) is 4.28. The molecule has 134 valence electrons. The van der Waals surface area contributed by atoms with Crippen LogP contribution in [0.1, 0.15) is 31.7 Å². The van der Waals surface area contributed by atoms with Crippen molar-refractivity contribution in [3.63, 3.8) is 0 Å². The van der Waals surface area contributed by atoms with Gasteiger partial charge in [-0.1, -0.05) is 6.92 Å². The Bertz CT molecular complexity index is 686. The topological polar surface area (TPSA) is 137 Å². The number of rotatable bonds is 7. The largest absolute Gasteiger partial charge is 0.480 e. The first-order valence-electron chi connectivity index (χ1n) is 8.11. The highest BCUT2D eigenvalue weighted by molar-refractivity contribution is 6.00. The Morgan fingerprint density at radius 1 is 1.40 bits per heavy atom. The van der Waals surface area contributed by atoms with Crippen LogP contribution in [0.15, 0.2) is 24.3 Å². The van der Waals surface area contributed by atoms with Gasteiger partial charge in [0.15, 0.2) is 0 Å². The highest BCUT2D eigenvalue weighted by Gasteiger charge is 2.34. The normalized spacial score (nSPS) is 18.0. The molecule has 5 N–H and O–H groups in total.